The molecule has 92 valence electrons. The van der Waals surface area contributed by atoms with Crippen molar-refractivity contribution in [3.05, 3.63) is 23.8 Å². The van der Waals surface area contributed by atoms with Gasteiger partial charge in [0.15, 0.2) is 5.69 Å². The molecule has 0 atom stereocenters. The number of nitrogens with one attached hydrogen (secondary N) is 1. The lowest BCUT2D eigenvalue weighted by molar-refractivity contribution is 0.0689. The fourth-order valence-electron chi connectivity index (χ4n) is 1.06. The molecule has 2 N–H and O–H groups in total. The summed E-state index contributed by atoms with van der Waals surface area (Å²) in [5.74, 6) is -0.524. The van der Waals surface area contributed by atoms with Gasteiger partial charge in [0, 0.05) is 6.54 Å². The Kier molecular flexibility index (Phi) is 5.41. The zero-order valence-corrected chi connectivity index (χ0v) is 10.2. The normalized spacial score (nSPS) is 9.94. The van der Waals surface area contributed by atoms with Gasteiger partial charge in [-0.15, -0.1) is 0 Å². The van der Waals surface area contributed by atoms with Gasteiger partial charge in [0.2, 0.25) is 0 Å². The zero-order valence-electron chi connectivity index (χ0n) is 9.34. The number of aromatic nitrogens is 2. The van der Waals surface area contributed by atoms with E-state index in [2.05, 4.69) is 15.3 Å². The third kappa shape index (κ3) is 4.39. The predicted molar refractivity (Wildman–Crippen MR) is 64.3 cm³/mol. The Morgan fingerprint density at radius 3 is 2.53 bits per heavy atom. The van der Waals surface area contributed by atoms with Crippen molar-refractivity contribution in [2.45, 2.75) is 6.42 Å². The van der Waals surface area contributed by atoms with Crippen LogP contribution in [0.2, 0.25) is 0 Å². The fourth-order valence-corrected chi connectivity index (χ4v) is 1.50. The number of carboxylic acids is 1. The van der Waals surface area contributed by atoms with Crippen LogP contribution in [0.4, 0.5) is 0 Å². The van der Waals surface area contributed by atoms with Gasteiger partial charge in [-0.3, -0.25) is 4.79 Å². The van der Waals surface area contributed by atoms with E-state index >= 15 is 0 Å². The Hall–Kier alpha value is -1.63. The van der Waals surface area contributed by atoms with Crippen molar-refractivity contribution in [1.29, 1.82) is 0 Å². The molecule has 0 saturated heterocycles. The maximum Gasteiger partial charge on any atom is 0.356 e. The van der Waals surface area contributed by atoms with Gasteiger partial charge in [0.1, 0.15) is 5.69 Å². The minimum Gasteiger partial charge on any atom is -0.476 e. The molecule has 0 aliphatic rings. The van der Waals surface area contributed by atoms with Gasteiger partial charge in [-0.05, 0) is 18.4 Å². The van der Waals surface area contributed by atoms with E-state index in [1.807, 2.05) is 6.26 Å². The summed E-state index contributed by atoms with van der Waals surface area (Å²) in [7, 11) is 0. The number of carbonyl (C=O) groups excluding carboxylic acids is 1. The number of nitrogens with zero attached hydrogens (tertiary/aromatic N) is 2. The van der Waals surface area contributed by atoms with Crippen molar-refractivity contribution in [3.63, 3.8) is 0 Å². The monoisotopic (exact) mass is 255 g/mol. The van der Waals surface area contributed by atoms with Gasteiger partial charge < -0.3 is 10.4 Å². The van der Waals surface area contributed by atoms with Crippen molar-refractivity contribution < 1.29 is 14.7 Å². The van der Waals surface area contributed by atoms with E-state index in [1.165, 1.54) is 0 Å². The highest BCUT2D eigenvalue weighted by Crippen LogP contribution is 1.97. The Labute approximate surface area is 103 Å². The van der Waals surface area contributed by atoms with Crippen molar-refractivity contribution >= 4 is 23.6 Å². The highest BCUT2D eigenvalue weighted by atomic mass is 32.2. The number of rotatable bonds is 6. The SMILES string of the molecule is CSCCCNC(=O)c1cnc(C(=O)O)cn1. The molecule has 0 saturated carbocycles. The van der Waals surface area contributed by atoms with Gasteiger partial charge >= 0.3 is 5.97 Å². The molecule has 0 aliphatic heterocycles. The van der Waals surface area contributed by atoms with Crippen LogP contribution in [0.25, 0.3) is 0 Å². The first-order valence-electron chi connectivity index (χ1n) is 4.97. The molecule has 1 heterocycles. The second-order valence-corrected chi connectivity index (χ2v) is 4.18. The number of carbonyl (C=O) groups is 2. The van der Waals surface area contributed by atoms with E-state index < -0.39 is 5.97 Å². The lowest BCUT2D eigenvalue weighted by Crippen LogP contribution is -2.26. The third-order valence-electron chi connectivity index (χ3n) is 1.91. The summed E-state index contributed by atoms with van der Waals surface area (Å²) in [5, 5.41) is 11.3. The second kappa shape index (κ2) is 6.85. The minimum absolute atomic E-state index is 0.124. The molecule has 0 aromatic carbocycles. The van der Waals surface area contributed by atoms with Gasteiger partial charge in [-0.25, -0.2) is 14.8 Å². The van der Waals surface area contributed by atoms with Gasteiger partial charge in [-0.2, -0.15) is 11.8 Å². The lowest BCUT2D eigenvalue weighted by atomic mass is 10.3. The second-order valence-electron chi connectivity index (χ2n) is 3.19. The molecular weight excluding hydrogens is 242 g/mol. The molecule has 1 aromatic heterocycles. The molecule has 1 aromatic rings. The number of thioether (sulfide) groups is 1. The summed E-state index contributed by atoms with van der Waals surface area (Å²) < 4.78 is 0. The minimum atomic E-state index is -1.16. The summed E-state index contributed by atoms with van der Waals surface area (Å²) in [6, 6.07) is 0. The van der Waals surface area contributed by atoms with Gasteiger partial charge in [-0.1, -0.05) is 0 Å². The molecule has 1 rings (SSSR count). The number of hydrogen-bond donors (Lipinski definition) is 2. The molecule has 0 unspecified atom stereocenters. The van der Waals surface area contributed by atoms with Crippen molar-refractivity contribution in [3.8, 4) is 0 Å². The summed E-state index contributed by atoms with van der Waals surface area (Å²) in [6.07, 6.45) is 5.11. The molecule has 0 spiro atoms. The summed E-state index contributed by atoms with van der Waals surface area (Å²) in [4.78, 5) is 29.4. The fraction of sp³-hybridized carbons (Fsp3) is 0.400. The molecule has 0 bridgehead atoms. The topological polar surface area (TPSA) is 92.2 Å². The standard InChI is InChI=1S/C10H13N3O3S/c1-17-4-2-3-11-9(14)7-5-13-8(6-12-7)10(15)16/h5-6H,2-4H2,1H3,(H,11,14)(H,15,16). The highest BCUT2D eigenvalue weighted by molar-refractivity contribution is 7.98. The smallest absolute Gasteiger partial charge is 0.356 e. The van der Waals surface area contributed by atoms with Crippen LogP contribution in [0.15, 0.2) is 12.4 Å². The van der Waals surface area contributed by atoms with Crippen molar-refractivity contribution in [2.24, 2.45) is 0 Å². The first kappa shape index (κ1) is 13.4. The van der Waals surface area contributed by atoms with Crippen LogP contribution in [-0.2, 0) is 0 Å². The molecule has 0 fully saturated rings. The van der Waals surface area contributed by atoms with Crippen LogP contribution in [0, 0.1) is 0 Å². The molecule has 0 radical (unpaired) electrons. The Morgan fingerprint density at radius 2 is 2.00 bits per heavy atom. The quantitative estimate of drug-likeness (QED) is 0.725. The largest absolute Gasteiger partial charge is 0.476 e. The first-order chi connectivity index (χ1) is 8.15. The van der Waals surface area contributed by atoms with Crippen LogP contribution in [0.3, 0.4) is 0 Å². The molecule has 6 nitrogen and oxygen atoms in total. The summed E-state index contributed by atoms with van der Waals surface area (Å²) in [5.41, 5.74) is -0.0527. The number of amides is 1. The van der Waals surface area contributed by atoms with Gasteiger partial charge in [0.25, 0.3) is 5.91 Å². The number of carboxylic acid groups (broad SMARTS) is 1. The van der Waals surface area contributed by atoms with Crippen LogP contribution < -0.4 is 5.32 Å². The Bertz CT molecular complexity index is 394. The third-order valence-corrected chi connectivity index (χ3v) is 2.61. The summed E-state index contributed by atoms with van der Waals surface area (Å²) >= 11 is 1.71. The molecular formula is C10H13N3O3S. The summed E-state index contributed by atoms with van der Waals surface area (Å²) in [6.45, 7) is 0.571. The first-order valence-corrected chi connectivity index (χ1v) is 6.37. The molecule has 17 heavy (non-hydrogen) atoms. The van der Waals surface area contributed by atoms with Crippen LogP contribution in [-0.4, -0.2) is 45.5 Å². The van der Waals surface area contributed by atoms with E-state index in [0.717, 1.165) is 24.6 Å². The van der Waals surface area contributed by atoms with Crippen LogP contribution in [0.5, 0.6) is 0 Å². The maximum absolute atomic E-state index is 11.5. The predicted octanol–water partition coefficient (Wildman–Crippen LogP) is 0.658. The zero-order chi connectivity index (χ0) is 12.7. The molecule has 7 heteroatoms. The lowest BCUT2D eigenvalue weighted by Gasteiger charge is -2.03. The highest BCUT2D eigenvalue weighted by Gasteiger charge is 2.09. The van der Waals surface area contributed by atoms with Gasteiger partial charge in [0.05, 0.1) is 12.4 Å². The Balaban J connectivity index is 2.49. The molecule has 1 amide bonds. The Morgan fingerprint density at radius 1 is 1.35 bits per heavy atom. The average molecular weight is 255 g/mol. The number of aromatic carboxylic acids is 1. The average Bonchev–Trinajstić information content (AvgIpc) is 2.34. The van der Waals surface area contributed by atoms with E-state index in [-0.39, 0.29) is 17.3 Å². The van der Waals surface area contributed by atoms with E-state index in [1.54, 1.807) is 11.8 Å². The van der Waals surface area contributed by atoms with Crippen LogP contribution in [0.1, 0.15) is 27.4 Å². The number of hydrogen-bond acceptors (Lipinski definition) is 5. The van der Waals surface area contributed by atoms with E-state index in [4.69, 9.17) is 5.11 Å². The van der Waals surface area contributed by atoms with Crippen molar-refractivity contribution in [2.75, 3.05) is 18.6 Å². The maximum atomic E-state index is 11.5. The van der Waals surface area contributed by atoms with E-state index in [9.17, 15) is 9.59 Å². The molecule has 0 aliphatic carbocycles. The van der Waals surface area contributed by atoms with E-state index in [0.29, 0.717) is 6.54 Å². The van der Waals surface area contributed by atoms with Crippen LogP contribution >= 0.6 is 11.8 Å². The van der Waals surface area contributed by atoms with Crippen molar-refractivity contribution in [1.82, 2.24) is 15.3 Å².